The van der Waals surface area contributed by atoms with Gasteiger partial charge in [-0.1, -0.05) is 74.3 Å². The average Bonchev–Trinajstić information content (AvgIpc) is 2.38. The van der Waals surface area contributed by atoms with Gasteiger partial charge in [0.2, 0.25) is 0 Å². The van der Waals surface area contributed by atoms with Crippen LogP contribution in [-0.4, -0.2) is 16.3 Å². The zero-order valence-electron chi connectivity index (χ0n) is 9.82. The summed E-state index contributed by atoms with van der Waals surface area (Å²) in [6.07, 6.45) is 4.47. The van der Waals surface area contributed by atoms with Crippen LogP contribution in [0.15, 0.2) is 48.1 Å². The first-order valence-electron chi connectivity index (χ1n) is 5.47. The van der Waals surface area contributed by atoms with Gasteiger partial charge in [-0.25, -0.2) is 4.79 Å². The number of ether oxygens (including phenoxy) is 1. The zero-order chi connectivity index (χ0) is 13.2. The van der Waals surface area contributed by atoms with Crippen molar-refractivity contribution < 1.29 is 9.53 Å². The molecule has 0 saturated carbocycles. The molecule has 0 aromatic heterocycles. The van der Waals surface area contributed by atoms with Gasteiger partial charge in [0.1, 0.15) is 3.23 Å². The standard InChI is InChI=1S/C14H12Br2O2/c1-18-13(17)12-9-14(15,16)8-7-11(12)10-5-3-2-4-6-10/h2-8H,9H2,1H3. The summed E-state index contributed by atoms with van der Waals surface area (Å²) in [6, 6.07) is 9.83. The maximum absolute atomic E-state index is 11.9. The number of hydrogen-bond acceptors (Lipinski definition) is 2. The van der Waals surface area contributed by atoms with Crippen LogP contribution >= 0.6 is 31.9 Å². The normalized spacial score (nSPS) is 17.7. The SMILES string of the molecule is COC(=O)C1=C(c2ccccc2)C=CC(Br)(Br)C1. The van der Waals surface area contributed by atoms with Crippen LogP contribution in [0, 0.1) is 0 Å². The van der Waals surface area contributed by atoms with Crippen molar-refractivity contribution in [2.75, 3.05) is 7.11 Å². The molecular formula is C14H12Br2O2. The summed E-state index contributed by atoms with van der Waals surface area (Å²) in [5, 5.41) is 0. The molecule has 2 rings (SSSR count). The van der Waals surface area contributed by atoms with Crippen molar-refractivity contribution in [1.29, 1.82) is 0 Å². The van der Waals surface area contributed by atoms with Gasteiger partial charge in [-0.05, 0) is 11.1 Å². The molecule has 18 heavy (non-hydrogen) atoms. The highest BCUT2D eigenvalue weighted by Gasteiger charge is 2.30. The molecule has 1 aliphatic carbocycles. The molecule has 2 nitrogen and oxygen atoms in total. The lowest BCUT2D eigenvalue weighted by Crippen LogP contribution is -2.19. The highest BCUT2D eigenvalue weighted by Crippen LogP contribution is 2.42. The quantitative estimate of drug-likeness (QED) is 0.578. The molecule has 94 valence electrons. The van der Waals surface area contributed by atoms with Crippen molar-refractivity contribution in [2.24, 2.45) is 0 Å². The number of halogens is 2. The fourth-order valence-corrected chi connectivity index (χ4v) is 2.71. The molecule has 4 heteroatoms. The van der Waals surface area contributed by atoms with Gasteiger partial charge < -0.3 is 4.74 Å². The second kappa shape index (κ2) is 5.41. The summed E-state index contributed by atoms with van der Waals surface area (Å²) in [5.41, 5.74) is 2.60. The van der Waals surface area contributed by atoms with Gasteiger partial charge in [0, 0.05) is 12.0 Å². The van der Waals surface area contributed by atoms with E-state index in [2.05, 4.69) is 31.9 Å². The minimum Gasteiger partial charge on any atom is -0.466 e. The second-order valence-electron chi connectivity index (χ2n) is 4.02. The fourth-order valence-electron chi connectivity index (χ4n) is 1.89. The minimum absolute atomic E-state index is 0.290. The van der Waals surface area contributed by atoms with Crippen LogP contribution in [0.4, 0.5) is 0 Å². The van der Waals surface area contributed by atoms with E-state index in [0.717, 1.165) is 11.1 Å². The molecule has 0 atom stereocenters. The van der Waals surface area contributed by atoms with Crippen LogP contribution in [0.2, 0.25) is 0 Å². The average molecular weight is 372 g/mol. The van der Waals surface area contributed by atoms with E-state index < -0.39 is 0 Å². The van der Waals surface area contributed by atoms with Crippen molar-refractivity contribution in [3.63, 3.8) is 0 Å². The summed E-state index contributed by atoms with van der Waals surface area (Å²) in [6.45, 7) is 0. The van der Waals surface area contributed by atoms with E-state index in [4.69, 9.17) is 4.74 Å². The summed E-state index contributed by atoms with van der Waals surface area (Å²) in [7, 11) is 1.40. The van der Waals surface area contributed by atoms with Crippen molar-refractivity contribution in [3.8, 4) is 0 Å². The predicted octanol–water partition coefficient (Wildman–Crippen LogP) is 4.06. The number of carbonyl (C=O) groups is 1. The number of alkyl halides is 2. The molecule has 0 bridgehead atoms. The van der Waals surface area contributed by atoms with Crippen molar-refractivity contribution in [1.82, 2.24) is 0 Å². The summed E-state index contributed by atoms with van der Waals surface area (Å²) in [4.78, 5) is 11.9. The molecule has 0 fully saturated rings. The molecule has 0 N–H and O–H groups in total. The van der Waals surface area contributed by atoms with Crippen LogP contribution < -0.4 is 0 Å². The summed E-state index contributed by atoms with van der Waals surface area (Å²) < 4.78 is 4.49. The third kappa shape index (κ3) is 2.93. The van der Waals surface area contributed by atoms with E-state index in [9.17, 15) is 4.79 Å². The Hall–Kier alpha value is -0.870. The van der Waals surface area contributed by atoms with Crippen molar-refractivity contribution in [2.45, 2.75) is 9.65 Å². The third-order valence-electron chi connectivity index (χ3n) is 2.75. The zero-order valence-corrected chi connectivity index (χ0v) is 13.0. The first kappa shape index (κ1) is 13.6. The van der Waals surface area contributed by atoms with Gasteiger partial charge in [-0.2, -0.15) is 0 Å². The molecule has 0 saturated heterocycles. The minimum atomic E-state index is -0.373. The number of hydrogen-bond donors (Lipinski definition) is 0. The number of methoxy groups -OCH3 is 1. The molecule has 0 spiro atoms. The Balaban J connectivity index is 2.50. The first-order valence-corrected chi connectivity index (χ1v) is 7.06. The highest BCUT2D eigenvalue weighted by molar-refractivity contribution is 9.25. The highest BCUT2D eigenvalue weighted by atomic mass is 79.9. The Bertz CT molecular complexity index is 516. The van der Waals surface area contributed by atoms with E-state index in [1.54, 1.807) is 0 Å². The van der Waals surface area contributed by atoms with E-state index in [1.165, 1.54) is 7.11 Å². The van der Waals surface area contributed by atoms with E-state index in [1.807, 2.05) is 42.5 Å². The van der Waals surface area contributed by atoms with Crippen LogP contribution in [0.1, 0.15) is 12.0 Å². The van der Waals surface area contributed by atoms with Gasteiger partial charge in [0.25, 0.3) is 0 Å². The van der Waals surface area contributed by atoms with E-state index in [-0.39, 0.29) is 9.20 Å². The molecule has 1 aliphatic rings. The topological polar surface area (TPSA) is 26.3 Å². The lowest BCUT2D eigenvalue weighted by molar-refractivity contribution is -0.136. The maximum atomic E-state index is 11.9. The van der Waals surface area contributed by atoms with Gasteiger partial charge in [-0.15, -0.1) is 0 Å². The smallest absolute Gasteiger partial charge is 0.334 e. The van der Waals surface area contributed by atoms with Gasteiger partial charge in [-0.3, -0.25) is 0 Å². The van der Waals surface area contributed by atoms with Gasteiger partial charge in [0.05, 0.1) is 7.11 Å². The van der Waals surface area contributed by atoms with Crippen LogP contribution in [0.3, 0.4) is 0 Å². The van der Waals surface area contributed by atoms with Gasteiger partial charge >= 0.3 is 5.97 Å². The molecule has 1 aromatic carbocycles. The van der Waals surface area contributed by atoms with Crippen LogP contribution in [0.5, 0.6) is 0 Å². The largest absolute Gasteiger partial charge is 0.466 e. The molecule has 1 aromatic rings. The van der Waals surface area contributed by atoms with E-state index in [0.29, 0.717) is 12.0 Å². The lowest BCUT2D eigenvalue weighted by Gasteiger charge is -2.24. The summed E-state index contributed by atoms with van der Waals surface area (Å²) >= 11 is 7.04. The lowest BCUT2D eigenvalue weighted by atomic mass is 9.92. The molecule has 0 amide bonds. The van der Waals surface area contributed by atoms with E-state index >= 15 is 0 Å². The fraction of sp³-hybridized carbons (Fsp3) is 0.214. The van der Waals surface area contributed by atoms with Gasteiger partial charge in [0.15, 0.2) is 0 Å². The Morgan fingerprint density at radius 1 is 1.28 bits per heavy atom. The predicted molar refractivity (Wildman–Crippen MR) is 79.7 cm³/mol. The summed E-state index contributed by atoms with van der Waals surface area (Å²) in [5.74, 6) is -0.290. The molecule has 0 unspecified atom stereocenters. The number of benzene rings is 1. The van der Waals surface area contributed by atoms with Crippen molar-refractivity contribution >= 4 is 43.4 Å². The molecular weight excluding hydrogens is 360 g/mol. The molecule has 0 heterocycles. The Morgan fingerprint density at radius 3 is 2.56 bits per heavy atom. The Morgan fingerprint density at radius 2 is 1.94 bits per heavy atom. The first-order chi connectivity index (χ1) is 8.53. The number of rotatable bonds is 2. The maximum Gasteiger partial charge on any atom is 0.334 e. The number of esters is 1. The monoisotopic (exact) mass is 370 g/mol. The van der Waals surface area contributed by atoms with Crippen LogP contribution in [0.25, 0.3) is 5.57 Å². The molecule has 0 radical (unpaired) electrons. The second-order valence-corrected chi connectivity index (χ2v) is 7.92. The molecule has 0 aliphatic heterocycles. The van der Waals surface area contributed by atoms with Crippen molar-refractivity contribution in [3.05, 3.63) is 53.6 Å². The third-order valence-corrected chi connectivity index (χ3v) is 3.84. The number of allylic oxidation sites excluding steroid dienone is 3. The Kier molecular flexibility index (Phi) is 4.07. The Labute approximate surface area is 123 Å². The number of carbonyl (C=O) groups excluding carboxylic acids is 1. The van der Waals surface area contributed by atoms with Crippen LogP contribution in [-0.2, 0) is 9.53 Å².